The van der Waals surface area contributed by atoms with Gasteiger partial charge in [-0.2, -0.15) is 0 Å². The Kier molecular flexibility index (Phi) is 2.15. The fraction of sp³-hybridized carbons (Fsp3) is 0.750. The van der Waals surface area contributed by atoms with Crippen LogP contribution in [0.1, 0.15) is 37.3 Å². The SMILES string of the molecule is CC(C)N1CCC2(CCc3scnc32)C1. The molecule has 3 rings (SSSR count). The number of fused-ring (bicyclic) bond motifs is 2. The van der Waals surface area contributed by atoms with Gasteiger partial charge in [0, 0.05) is 22.9 Å². The van der Waals surface area contributed by atoms with Crippen molar-refractivity contribution in [3.63, 3.8) is 0 Å². The zero-order chi connectivity index (χ0) is 10.5. The smallest absolute Gasteiger partial charge is 0.0797 e. The van der Waals surface area contributed by atoms with Crippen LogP contribution in [0.15, 0.2) is 5.51 Å². The lowest BCUT2D eigenvalue weighted by Gasteiger charge is -2.25. The Bertz CT molecular complexity index is 371. The highest BCUT2D eigenvalue weighted by molar-refractivity contribution is 7.09. The molecule has 1 spiro atoms. The Hall–Kier alpha value is -0.410. The Balaban J connectivity index is 1.90. The van der Waals surface area contributed by atoms with E-state index in [9.17, 15) is 0 Å². The number of hydrogen-bond acceptors (Lipinski definition) is 3. The second kappa shape index (κ2) is 3.29. The van der Waals surface area contributed by atoms with Crippen LogP contribution in [-0.2, 0) is 11.8 Å². The molecule has 0 aromatic carbocycles. The van der Waals surface area contributed by atoms with E-state index in [1.807, 2.05) is 16.8 Å². The maximum absolute atomic E-state index is 4.62. The first-order chi connectivity index (χ1) is 7.21. The van der Waals surface area contributed by atoms with Gasteiger partial charge in [-0.3, -0.25) is 4.90 Å². The lowest BCUT2D eigenvalue weighted by molar-refractivity contribution is 0.254. The molecule has 2 aliphatic rings. The van der Waals surface area contributed by atoms with Crippen LogP contribution >= 0.6 is 11.3 Å². The highest BCUT2D eigenvalue weighted by Crippen LogP contribution is 2.46. The molecule has 0 bridgehead atoms. The van der Waals surface area contributed by atoms with E-state index in [1.165, 1.54) is 38.0 Å². The summed E-state index contributed by atoms with van der Waals surface area (Å²) in [5, 5.41) is 0. The van der Waals surface area contributed by atoms with Crippen molar-refractivity contribution >= 4 is 11.3 Å². The quantitative estimate of drug-likeness (QED) is 0.725. The van der Waals surface area contributed by atoms with E-state index in [0.717, 1.165) is 0 Å². The zero-order valence-electron chi connectivity index (χ0n) is 9.49. The van der Waals surface area contributed by atoms with Crippen LogP contribution in [0.5, 0.6) is 0 Å². The average Bonchev–Trinajstić information content (AvgIpc) is 2.88. The fourth-order valence-corrected chi connectivity index (χ4v) is 3.98. The fourth-order valence-electron chi connectivity index (χ4n) is 3.09. The van der Waals surface area contributed by atoms with Crippen LogP contribution in [-0.4, -0.2) is 29.0 Å². The van der Waals surface area contributed by atoms with Gasteiger partial charge < -0.3 is 0 Å². The van der Waals surface area contributed by atoms with E-state index >= 15 is 0 Å². The van der Waals surface area contributed by atoms with Gasteiger partial charge in [0.05, 0.1) is 11.2 Å². The predicted octanol–water partition coefficient (Wildman–Crippen LogP) is 2.44. The third kappa shape index (κ3) is 1.36. The van der Waals surface area contributed by atoms with Gasteiger partial charge in [0.15, 0.2) is 0 Å². The standard InChI is InChI=1S/C12H18N2S/c1-9(2)14-6-5-12(7-14)4-3-10-11(12)13-8-15-10/h8-9H,3-7H2,1-2H3. The van der Waals surface area contributed by atoms with Crippen LogP contribution in [0.4, 0.5) is 0 Å². The van der Waals surface area contributed by atoms with Crippen LogP contribution in [0.25, 0.3) is 0 Å². The molecule has 3 heteroatoms. The van der Waals surface area contributed by atoms with Gasteiger partial charge in [0.25, 0.3) is 0 Å². The van der Waals surface area contributed by atoms with Crippen LogP contribution < -0.4 is 0 Å². The van der Waals surface area contributed by atoms with Gasteiger partial charge in [-0.25, -0.2) is 4.98 Å². The van der Waals surface area contributed by atoms with Crippen LogP contribution in [0.3, 0.4) is 0 Å². The third-order valence-electron chi connectivity index (χ3n) is 4.09. The second-order valence-electron chi connectivity index (χ2n) is 5.22. The van der Waals surface area contributed by atoms with Crippen molar-refractivity contribution in [3.8, 4) is 0 Å². The molecule has 1 atom stereocenters. The van der Waals surface area contributed by atoms with Gasteiger partial charge in [-0.15, -0.1) is 11.3 Å². The van der Waals surface area contributed by atoms with Crippen molar-refractivity contribution in [2.24, 2.45) is 0 Å². The van der Waals surface area contributed by atoms with E-state index in [-0.39, 0.29) is 0 Å². The average molecular weight is 222 g/mol. The normalized spacial score (nSPS) is 30.6. The van der Waals surface area contributed by atoms with Crippen molar-refractivity contribution in [1.29, 1.82) is 0 Å². The summed E-state index contributed by atoms with van der Waals surface area (Å²) in [4.78, 5) is 8.78. The molecule has 1 aromatic rings. The number of aryl methyl sites for hydroxylation is 1. The number of rotatable bonds is 1. The lowest BCUT2D eigenvalue weighted by Crippen LogP contribution is -2.33. The second-order valence-corrected chi connectivity index (χ2v) is 6.16. The monoisotopic (exact) mass is 222 g/mol. The van der Waals surface area contributed by atoms with Crippen molar-refractivity contribution in [2.75, 3.05) is 13.1 Å². The lowest BCUT2D eigenvalue weighted by atomic mass is 9.85. The summed E-state index contributed by atoms with van der Waals surface area (Å²) in [6.07, 6.45) is 3.93. The molecule has 1 aliphatic carbocycles. The van der Waals surface area contributed by atoms with Crippen LogP contribution in [0, 0.1) is 0 Å². The molecule has 0 amide bonds. The summed E-state index contributed by atoms with van der Waals surface area (Å²) in [7, 11) is 0. The van der Waals surface area contributed by atoms with E-state index in [1.54, 1.807) is 4.88 Å². The van der Waals surface area contributed by atoms with Crippen LogP contribution in [0.2, 0.25) is 0 Å². The maximum Gasteiger partial charge on any atom is 0.0797 e. The third-order valence-corrected chi connectivity index (χ3v) is 4.98. The van der Waals surface area contributed by atoms with E-state index in [0.29, 0.717) is 11.5 Å². The molecule has 82 valence electrons. The molecule has 1 fully saturated rings. The Morgan fingerprint density at radius 3 is 3.07 bits per heavy atom. The van der Waals surface area contributed by atoms with Crippen molar-refractivity contribution in [2.45, 2.75) is 44.6 Å². The maximum atomic E-state index is 4.62. The summed E-state index contributed by atoms with van der Waals surface area (Å²) in [6, 6.07) is 0.687. The van der Waals surface area contributed by atoms with Crippen molar-refractivity contribution in [3.05, 3.63) is 16.1 Å². The summed E-state index contributed by atoms with van der Waals surface area (Å²) >= 11 is 1.85. The Morgan fingerprint density at radius 2 is 2.33 bits per heavy atom. The highest BCUT2D eigenvalue weighted by Gasteiger charge is 2.46. The minimum absolute atomic E-state index is 0.430. The summed E-state index contributed by atoms with van der Waals surface area (Å²) in [5.74, 6) is 0. The molecule has 1 aromatic heterocycles. The molecular weight excluding hydrogens is 204 g/mol. The van der Waals surface area contributed by atoms with Crippen molar-refractivity contribution in [1.82, 2.24) is 9.88 Å². The minimum Gasteiger partial charge on any atom is -0.300 e. The summed E-state index contributed by atoms with van der Waals surface area (Å²) in [5.41, 5.74) is 3.90. The number of thiazole rings is 1. The highest BCUT2D eigenvalue weighted by atomic mass is 32.1. The van der Waals surface area contributed by atoms with E-state index < -0.39 is 0 Å². The first-order valence-electron chi connectivity index (χ1n) is 5.88. The van der Waals surface area contributed by atoms with Gasteiger partial charge in [0.1, 0.15) is 0 Å². The first kappa shape index (κ1) is 9.79. The van der Waals surface area contributed by atoms with Gasteiger partial charge in [-0.05, 0) is 39.7 Å². The molecule has 15 heavy (non-hydrogen) atoms. The number of aromatic nitrogens is 1. The molecule has 0 saturated carbocycles. The van der Waals surface area contributed by atoms with Gasteiger partial charge >= 0.3 is 0 Å². The van der Waals surface area contributed by atoms with Crippen molar-refractivity contribution < 1.29 is 0 Å². The molecule has 2 nitrogen and oxygen atoms in total. The first-order valence-corrected chi connectivity index (χ1v) is 6.76. The summed E-state index contributed by atoms with van der Waals surface area (Å²) < 4.78 is 0. The van der Waals surface area contributed by atoms with E-state index in [2.05, 4.69) is 23.7 Å². The minimum atomic E-state index is 0.430. The largest absolute Gasteiger partial charge is 0.300 e. The predicted molar refractivity (Wildman–Crippen MR) is 63.4 cm³/mol. The zero-order valence-corrected chi connectivity index (χ0v) is 10.3. The number of likely N-dealkylation sites (tertiary alicyclic amines) is 1. The molecule has 1 aliphatic heterocycles. The molecule has 1 saturated heterocycles. The molecule has 1 unspecified atom stereocenters. The molecular formula is C12H18N2S. The van der Waals surface area contributed by atoms with Gasteiger partial charge in [0.2, 0.25) is 0 Å². The Morgan fingerprint density at radius 1 is 1.47 bits per heavy atom. The molecule has 2 heterocycles. The number of nitrogens with zero attached hydrogens (tertiary/aromatic N) is 2. The topological polar surface area (TPSA) is 16.1 Å². The summed E-state index contributed by atoms with van der Waals surface area (Å²) in [6.45, 7) is 7.10. The molecule has 0 radical (unpaired) electrons. The van der Waals surface area contributed by atoms with Gasteiger partial charge in [-0.1, -0.05) is 0 Å². The molecule has 0 N–H and O–H groups in total. The Labute approximate surface area is 95.3 Å². The number of hydrogen-bond donors (Lipinski definition) is 0. The van der Waals surface area contributed by atoms with E-state index in [4.69, 9.17) is 0 Å².